The number of hydrogen-bond acceptors (Lipinski definition) is 5. The Labute approximate surface area is 124 Å². The highest BCUT2D eigenvalue weighted by molar-refractivity contribution is 5.93. The number of carbonyl (C=O) groups excluding carboxylic acids is 1. The predicted octanol–water partition coefficient (Wildman–Crippen LogP) is 0.486. The van der Waals surface area contributed by atoms with Crippen molar-refractivity contribution in [2.24, 2.45) is 0 Å². The SMILES string of the molecule is Cc1n[nH]nc1C(=O)NC1CCN(CC2CCCO2)CC1. The van der Waals surface area contributed by atoms with E-state index >= 15 is 0 Å². The van der Waals surface area contributed by atoms with E-state index in [4.69, 9.17) is 4.74 Å². The molecule has 7 heteroatoms. The smallest absolute Gasteiger partial charge is 0.273 e. The van der Waals surface area contributed by atoms with Crippen LogP contribution in [-0.2, 0) is 4.74 Å². The molecule has 0 bridgehead atoms. The van der Waals surface area contributed by atoms with Crippen LogP contribution < -0.4 is 5.32 Å². The average Bonchev–Trinajstić information content (AvgIpc) is 3.12. The molecule has 0 saturated carbocycles. The van der Waals surface area contributed by atoms with Gasteiger partial charge in [-0.2, -0.15) is 15.4 Å². The standard InChI is InChI=1S/C14H23N5O2/c1-10-13(17-18-16-10)14(20)15-11-4-6-19(7-5-11)9-12-3-2-8-21-12/h11-12H,2-9H2,1H3,(H,15,20)(H,16,17,18). The van der Waals surface area contributed by atoms with Crippen molar-refractivity contribution in [3.63, 3.8) is 0 Å². The molecule has 1 aromatic rings. The van der Waals surface area contributed by atoms with Crippen molar-refractivity contribution in [1.29, 1.82) is 0 Å². The maximum absolute atomic E-state index is 12.1. The number of aromatic amines is 1. The molecular weight excluding hydrogens is 270 g/mol. The van der Waals surface area contributed by atoms with E-state index < -0.39 is 0 Å². The van der Waals surface area contributed by atoms with Gasteiger partial charge < -0.3 is 15.0 Å². The lowest BCUT2D eigenvalue weighted by molar-refractivity contribution is 0.0612. The molecule has 1 aromatic heterocycles. The zero-order valence-electron chi connectivity index (χ0n) is 12.5. The molecule has 0 spiro atoms. The molecule has 2 fully saturated rings. The number of aryl methyl sites for hydroxylation is 1. The van der Waals surface area contributed by atoms with Gasteiger partial charge in [0.15, 0.2) is 5.69 Å². The second kappa shape index (κ2) is 6.53. The highest BCUT2D eigenvalue weighted by atomic mass is 16.5. The van der Waals surface area contributed by atoms with Crippen LogP contribution in [0.5, 0.6) is 0 Å². The number of carbonyl (C=O) groups is 1. The van der Waals surface area contributed by atoms with Crippen LogP contribution >= 0.6 is 0 Å². The largest absolute Gasteiger partial charge is 0.377 e. The molecule has 0 aromatic carbocycles. The molecule has 116 valence electrons. The highest BCUT2D eigenvalue weighted by Crippen LogP contribution is 2.17. The normalized spacial score (nSPS) is 24.3. The Bertz CT molecular complexity index is 475. The van der Waals surface area contributed by atoms with E-state index in [0.29, 0.717) is 17.5 Å². The summed E-state index contributed by atoms with van der Waals surface area (Å²) in [5, 5.41) is 13.3. The Morgan fingerprint density at radius 3 is 2.81 bits per heavy atom. The molecule has 2 aliphatic heterocycles. The van der Waals surface area contributed by atoms with Crippen molar-refractivity contribution >= 4 is 5.91 Å². The van der Waals surface area contributed by atoms with Gasteiger partial charge in [-0.25, -0.2) is 0 Å². The minimum absolute atomic E-state index is 0.126. The first kappa shape index (κ1) is 14.5. The number of amides is 1. The molecular formula is C14H23N5O2. The maximum Gasteiger partial charge on any atom is 0.273 e. The number of aromatic nitrogens is 3. The first-order chi connectivity index (χ1) is 10.2. The van der Waals surface area contributed by atoms with Crippen molar-refractivity contribution in [2.75, 3.05) is 26.2 Å². The molecule has 1 amide bonds. The van der Waals surface area contributed by atoms with Crippen LogP contribution in [0.15, 0.2) is 0 Å². The van der Waals surface area contributed by atoms with Gasteiger partial charge in [0.1, 0.15) is 0 Å². The highest BCUT2D eigenvalue weighted by Gasteiger charge is 2.25. The van der Waals surface area contributed by atoms with E-state index in [1.54, 1.807) is 6.92 Å². The molecule has 0 radical (unpaired) electrons. The topological polar surface area (TPSA) is 83.1 Å². The van der Waals surface area contributed by atoms with Gasteiger partial charge in [0.2, 0.25) is 0 Å². The van der Waals surface area contributed by atoms with Gasteiger partial charge in [-0.1, -0.05) is 0 Å². The second-order valence-corrected chi connectivity index (χ2v) is 5.94. The summed E-state index contributed by atoms with van der Waals surface area (Å²) < 4.78 is 5.68. The molecule has 2 aliphatic rings. The molecule has 2 N–H and O–H groups in total. The molecule has 3 rings (SSSR count). The van der Waals surface area contributed by atoms with Crippen molar-refractivity contribution in [3.8, 4) is 0 Å². The molecule has 1 unspecified atom stereocenters. The van der Waals surface area contributed by atoms with Gasteiger partial charge in [-0.15, -0.1) is 0 Å². The third kappa shape index (κ3) is 3.59. The molecule has 1 atom stereocenters. The Morgan fingerprint density at radius 1 is 1.38 bits per heavy atom. The van der Waals surface area contributed by atoms with Crippen LogP contribution in [0.4, 0.5) is 0 Å². The number of likely N-dealkylation sites (tertiary alicyclic amines) is 1. The quantitative estimate of drug-likeness (QED) is 0.844. The summed E-state index contributed by atoms with van der Waals surface area (Å²) in [6, 6.07) is 0.231. The third-order valence-electron chi connectivity index (χ3n) is 4.35. The number of nitrogens with zero attached hydrogens (tertiary/aromatic N) is 3. The van der Waals surface area contributed by atoms with Crippen molar-refractivity contribution in [3.05, 3.63) is 11.4 Å². The molecule has 7 nitrogen and oxygen atoms in total. The lowest BCUT2D eigenvalue weighted by Gasteiger charge is -2.33. The zero-order chi connectivity index (χ0) is 14.7. The lowest BCUT2D eigenvalue weighted by Crippen LogP contribution is -2.46. The van der Waals surface area contributed by atoms with E-state index in [-0.39, 0.29) is 11.9 Å². The molecule has 0 aliphatic carbocycles. The van der Waals surface area contributed by atoms with Gasteiger partial charge in [-0.3, -0.25) is 4.79 Å². The minimum atomic E-state index is -0.126. The summed E-state index contributed by atoms with van der Waals surface area (Å²) in [7, 11) is 0. The Balaban J connectivity index is 1.43. The van der Waals surface area contributed by atoms with Crippen LogP contribution in [0.25, 0.3) is 0 Å². The first-order valence-electron chi connectivity index (χ1n) is 7.74. The van der Waals surface area contributed by atoms with Gasteiger partial charge in [0.05, 0.1) is 11.8 Å². The van der Waals surface area contributed by atoms with Gasteiger partial charge in [-0.05, 0) is 32.6 Å². The number of nitrogens with one attached hydrogen (secondary N) is 2. The van der Waals surface area contributed by atoms with E-state index in [1.807, 2.05) is 0 Å². The summed E-state index contributed by atoms with van der Waals surface area (Å²) in [5.41, 5.74) is 1.04. The summed E-state index contributed by atoms with van der Waals surface area (Å²) in [5.74, 6) is -0.126. The number of H-pyrrole nitrogens is 1. The van der Waals surface area contributed by atoms with Crippen LogP contribution in [0.1, 0.15) is 41.9 Å². The summed E-state index contributed by atoms with van der Waals surface area (Å²) in [6.07, 6.45) is 4.75. The van der Waals surface area contributed by atoms with E-state index in [9.17, 15) is 4.79 Å². The number of ether oxygens (including phenoxy) is 1. The van der Waals surface area contributed by atoms with E-state index in [1.165, 1.54) is 12.8 Å². The first-order valence-corrected chi connectivity index (χ1v) is 7.74. The van der Waals surface area contributed by atoms with Crippen LogP contribution in [-0.4, -0.2) is 64.6 Å². The third-order valence-corrected chi connectivity index (χ3v) is 4.35. The monoisotopic (exact) mass is 293 g/mol. The van der Waals surface area contributed by atoms with Crippen molar-refractivity contribution in [2.45, 2.75) is 44.8 Å². The summed E-state index contributed by atoms with van der Waals surface area (Å²) in [6.45, 7) is 5.76. The molecule has 3 heterocycles. The minimum Gasteiger partial charge on any atom is -0.377 e. The fourth-order valence-electron chi connectivity index (χ4n) is 3.09. The second-order valence-electron chi connectivity index (χ2n) is 5.94. The molecule has 2 saturated heterocycles. The van der Waals surface area contributed by atoms with Crippen LogP contribution in [0.3, 0.4) is 0 Å². The fourth-order valence-corrected chi connectivity index (χ4v) is 3.09. The lowest BCUT2D eigenvalue weighted by atomic mass is 10.0. The van der Waals surface area contributed by atoms with Crippen molar-refractivity contribution < 1.29 is 9.53 Å². The predicted molar refractivity (Wildman–Crippen MR) is 77.0 cm³/mol. The summed E-state index contributed by atoms with van der Waals surface area (Å²) in [4.78, 5) is 14.5. The number of piperidine rings is 1. The van der Waals surface area contributed by atoms with Crippen LogP contribution in [0, 0.1) is 6.92 Å². The van der Waals surface area contributed by atoms with Gasteiger partial charge in [0, 0.05) is 32.3 Å². The summed E-state index contributed by atoms with van der Waals surface area (Å²) >= 11 is 0. The Kier molecular flexibility index (Phi) is 4.50. The van der Waals surface area contributed by atoms with Gasteiger partial charge in [0.25, 0.3) is 5.91 Å². The van der Waals surface area contributed by atoms with E-state index in [0.717, 1.165) is 39.1 Å². The van der Waals surface area contributed by atoms with Gasteiger partial charge >= 0.3 is 0 Å². The van der Waals surface area contributed by atoms with Crippen molar-refractivity contribution in [1.82, 2.24) is 25.6 Å². The van der Waals surface area contributed by atoms with Crippen LogP contribution in [0.2, 0.25) is 0 Å². The Morgan fingerprint density at radius 2 is 2.19 bits per heavy atom. The zero-order valence-corrected chi connectivity index (χ0v) is 12.5. The molecule has 21 heavy (non-hydrogen) atoms. The number of hydrogen-bond donors (Lipinski definition) is 2. The average molecular weight is 293 g/mol. The van der Waals surface area contributed by atoms with E-state index in [2.05, 4.69) is 25.6 Å². The number of rotatable bonds is 4. The fraction of sp³-hybridized carbons (Fsp3) is 0.786. The Hall–Kier alpha value is -1.47. The maximum atomic E-state index is 12.1.